The van der Waals surface area contributed by atoms with Gasteiger partial charge in [-0.1, -0.05) is 6.07 Å². The van der Waals surface area contributed by atoms with Gasteiger partial charge in [0.05, 0.1) is 12.9 Å². The van der Waals surface area contributed by atoms with E-state index in [-0.39, 0.29) is 17.9 Å². The first-order valence-corrected chi connectivity index (χ1v) is 9.45. The summed E-state index contributed by atoms with van der Waals surface area (Å²) in [4.78, 5) is 6.47. The largest absolute Gasteiger partial charge is 0.396 e. The van der Waals surface area contributed by atoms with E-state index in [0.29, 0.717) is 13.1 Å². The number of aromatic nitrogens is 1. The van der Waals surface area contributed by atoms with Gasteiger partial charge in [0.1, 0.15) is 0 Å². The topological polar surface area (TPSA) is 73.7 Å². The third-order valence-electron chi connectivity index (χ3n) is 5.10. The lowest BCUT2D eigenvalue weighted by Gasteiger charge is -2.42. The number of rotatable bonds is 4. The Bertz CT molecular complexity index is 622. The smallest absolute Gasteiger partial charge is 0.211 e. The third-order valence-corrected chi connectivity index (χ3v) is 6.31. The average Bonchev–Trinajstić information content (AvgIpc) is 2.88. The van der Waals surface area contributed by atoms with Crippen LogP contribution in [0.15, 0.2) is 24.5 Å². The summed E-state index contributed by atoms with van der Waals surface area (Å²) >= 11 is 0. The highest BCUT2D eigenvalue weighted by atomic mass is 32.2. The Morgan fingerprint density at radius 3 is 2.91 bits per heavy atom. The van der Waals surface area contributed by atoms with Crippen LogP contribution >= 0.6 is 0 Å². The van der Waals surface area contributed by atoms with Gasteiger partial charge in [0.2, 0.25) is 10.0 Å². The van der Waals surface area contributed by atoms with E-state index in [1.165, 1.54) is 10.6 Å². The lowest BCUT2D eigenvalue weighted by Crippen LogP contribution is -2.48. The predicted molar refractivity (Wildman–Crippen MR) is 83.6 cm³/mol. The lowest BCUT2D eigenvalue weighted by molar-refractivity contribution is 0.0170. The van der Waals surface area contributed by atoms with Crippen molar-refractivity contribution in [2.45, 2.75) is 13.0 Å². The zero-order valence-corrected chi connectivity index (χ0v) is 13.7. The minimum Gasteiger partial charge on any atom is -0.396 e. The summed E-state index contributed by atoms with van der Waals surface area (Å²) in [5.74, 6) is 0.192. The van der Waals surface area contributed by atoms with Gasteiger partial charge in [0.15, 0.2) is 0 Å². The van der Waals surface area contributed by atoms with Gasteiger partial charge in [-0.25, -0.2) is 12.7 Å². The van der Waals surface area contributed by atoms with Gasteiger partial charge in [0, 0.05) is 44.0 Å². The highest BCUT2D eigenvalue weighted by molar-refractivity contribution is 7.88. The number of fused-ring (bicyclic) bond motifs is 1. The first-order valence-electron chi connectivity index (χ1n) is 7.60. The summed E-state index contributed by atoms with van der Waals surface area (Å²) in [5, 5.41) is 9.86. The van der Waals surface area contributed by atoms with Crippen LogP contribution in [0.25, 0.3) is 0 Å². The van der Waals surface area contributed by atoms with E-state index in [2.05, 4.69) is 16.0 Å². The summed E-state index contributed by atoms with van der Waals surface area (Å²) in [5.41, 5.74) is 0.895. The number of pyridine rings is 1. The summed E-state index contributed by atoms with van der Waals surface area (Å²) < 4.78 is 25.2. The van der Waals surface area contributed by atoms with E-state index in [0.717, 1.165) is 31.6 Å². The molecule has 0 bridgehead atoms. The number of aliphatic hydroxyl groups is 1. The molecule has 0 spiro atoms. The van der Waals surface area contributed by atoms with Crippen molar-refractivity contribution in [3.8, 4) is 0 Å². The van der Waals surface area contributed by atoms with E-state index >= 15 is 0 Å². The zero-order chi connectivity index (χ0) is 15.8. The number of likely N-dealkylation sites (tertiary alicyclic amines) is 1. The molecular formula is C15H23N3O3S. The average molecular weight is 325 g/mol. The molecule has 22 heavy (non-hydrogen) atoms. The monoisotopic (exact) mass is 325 g/mol. The second kappa shape index (κ2) is 5.88. The second-order valence-electron chi connectivity index (χ2n) is 6.62. The minimum absolute atomic E-state index is 0.0599. The van der Waals surface area contributed by atoms with Crippen LogP contribution in [0, 0.1) is 11.3 Å². The fourth-order valence-electron chi connectivity index (χ4n) is 3.71. The van der Waals surface area contributed by atoms with Crippen LogP contribution in [-0.4, -0.2) is 66.8 Å². The van der Waals surface area contributed by atoms with Gasteiger partial charge >= 0.3 is 0 Å². The summed E-state index contributed by atoms with van der Waals surface area (Å²) in [7, 11) is -3.19. The Morgan fingerprint density at radius 2 is 2.27 bits per heavy atom. The molecule has 2 aliphatic heterocycles. The molecule has 3 rings (SSSR count). The highest BCUT2D eigenvalue weighted by Crippen LogP contribution is 2.43. The van der Waals surface area contributed by atoms with E-state index < -0.39 is 10.0 Å². The molecule has 0 aromatic carbocycles. The molecule has 2 saturated heterocycles. The molecule has 7 heteroatoms. The molecule has 1 aromatic heterocycles. The highest BCUT2D eigenvalue weighted by Gasteiger charge is 2.51. The lowest BCUT2D eigenvalue weighted by atomic mass is 9.73. The van der Waals surface area contributed by atoms with Crippen LogP contribution in [0.5, 0.6) is 0 Å². The van der Waals surface area contributed by atoms with Crippen molar-refractivity contribution in [2.75, 3.05) is 39.0 Å². The predicted octanol–water partition coefficient (Wildman–Crippen LogP) is 0.157. The molecule has 2 aliphatic rings. The van der Waals surface area contributed by atoms with Crippen molar-refractivity contribution in [3.63, 3.8) is 0 Å². The summed E-state index contributed by atoms with van der Waals surface area (Å²) in [6, 6.07) is 3.98. The number of aliphatic hydroxyl groups excluding tert-OH is 1. The maximum absolute atomic E-state index is 11.8. The first-order chi connectivity index (χ1) is 10.4. The first kappa shape index (κ1) is 15.9. The second-order valence-corrected chi connectivity index (χ2v) is 8.60. The van der Waals surface area contributed by atoms with Gasteiger partial charge < -0.3 is 5.11 Å². The van der Waals surface area contributed by atoms with Crippen LogP contribution in [0.1, 0.15) is 12.0 Å². The normalized spacial score (nSPS) is 30.4. The van der Waals surface area contributed by atoms with Gasteiger partial charge in [-0.05, 0) is 30.5 Å². The standard InChI is InChI=1S/C15H23N3O3S/c1-22(20,21)18-10-14-9-17(6-4-15(14,11-18)12-19)8-13-3-2-5-16-7-13/h2-3,5,7,14,19H,4,6,8-12H2,1H3/t14-,15+/m1/s1. The molecule has 122 valence electrons. The summed E-state index contributed by atoms with van der Waals surface area (Å²) in [6.07, 6.45) is 5.71. The number of hydrogen-bond donors (Lipinski definition) is 1. The van der Waals surface area contributed by atoms with Crippen molar-refractivity contribution in [1.29, 1.82) is 0 Å². The quantitative estimate of drug-likeness (QED) is 0.853. The molecule has 1 aromatic rings. The van der Waals surface area contributed by atoms with Crippen LogP contribution in [0.3, 0.4) is 0 Å². The van der Waals surface area contributed by atoms with Crippen molar-refractivity contribution in [2.24, 2.45) is 11.3 Å². The Balaban J connectivity index is 1.72. The van der Waals surface area contributed by atoms with Crippen molar-refractivity contribution < 1.29 is 13.5 Å². The Hall–Kier alpha value is -1.02. The molecule has 0 unspecified atom stereocenters. The molecule has 0 radical (unpaired) electrons. The Kier molecular flexibility index (Phi) is 4.24. The van der Waals surface area contributed by atoms with E-state index in [4.69, 9.17) is 0 Å². The molecule has 0 aliphatic carbocycles. The zero-order valence-electron chi connectivity index (χ0n) is 12.9. The van der Waals surface area contributed by atoms with E-state index in [1.807, 2.05) is 12.3 Å². The SMILES string of the molecule is CS(=O)(=O)N1C[C@H]2CN(Cc3cccnc3)CC[C@@]2(CO)C1. The fourth-order valence-corrected chi connectivity index (χ4v) is 4.65. The van der Waals surface area contributed by atoms with Gasteiger partial charge in [-0.15, -0.1) is 0 Å². The van der Waals surface area contributed by atoms with Gasteiger partial charge in [0.25, 0.3) is 0 Å². The van der Waals surface area contributed by atoms with Crippen LogP contribution in [0.4, 0.5) is 0 Å². The van der Waals surface area contributed by atoms with Crippen LogP contribution in [-0.2, 0) is 16.6 Å². The van der Waals surface area contributed by atoms with Gasteiger partial charge in [-0.2, -0.15) is 0 Å². The van der Waals surface area contributed by atoms with E-state index in [1.54, 1.807) is 6.20 Å². The maximum atomic E-state index is 11.8. The number of nitrogens with zero attached hydrogens (tertiary/aromatic N) is 3. The van der Waals surface area contributed by atoms with Crippen molar-refractivity contribution in [1.82, 2.24) is 14.2 Å². The number of piperidine rings is 1. The molecule has 1 N–H and O–H groups in total. The molecular weight excluding hydrogens is 302 g/mol. The Labute approximate surface area is 131 Å². The molecule has 6 nitrogen and oxygen atoms in total. The molecule has 0 saturated carbocycles. The fraction of sp³-hybridized carbons (Fsp3) is 0.667. The van der Waals surface area contributed by atoms with Crippen molar-refractivity contribution >= 4 is 10.0 Å². The third kappa shape index (κ3) is 3.03. The maximum Gasteiger partial charge on any atom is 0.211 e. The minimum atomic E-state index is -3.19. The number of sulfonamides is 1. The van der Waals surface area contributed by atoms with Crippen LogP contribution < -0.4 is 0 Å². The number of hydrogen-bond acceptors (Lipinski definition) is 5. The van der Waals surface area contributed by atoms with Gasteiger partial charge in [-0.3, -0.25) is 9.88 Å². The Morgan fingerprint density at radius 1 is 1.45 bits per heavy atom. The molecule has 2 fully saturated rings. The van der Waals surface area contributed by atoms with E-state index in [9.17, 15) is 13.5 Å². The van der Waals surface area contributed by atoms with Crippen LogP contribution in [0.2, 0.25) is 0 Å². The summed E-state index contributed by atoms with van der Waals surface area (Å²) in [6.45, 7) is 3.55. The molecule has 3 heterocycles. The molecule has 2 atom stereocenters. The molecule has 0 amide bonds. The van der Waals surface area contributed by atoms with Crippen molar-refractivity contribution in [3.05, 3.63) is 30.1 Å².